The van der Waals surface area contributed by atoms with Crippen molar-refractivity contribution in [2.24, 2.45) is 0 Å². The summed E-state index contributed by atoms with van der Waals surface area (Å²) in [5, 5.41) is 3.06. The van der Waals surface area contributed by atoms with E-state index in [2.05, 4.69) is 27.1 Å². The van der Waals surface area contributed by atoms with E-state index in [1.807, 2.05) is 55.5 Å². The monoisotopic (exact) mass is 416 g/mol. The standard InChI is InChI=1S/C25H28N4O2/c1-18-16-20(19-8-10-26-11-9-19)4-6-22(18)25(30)27-21-5-7-24(31-3)23(17-21)29-14-12-28(2)13-15-29/h4-11,16-17H,12-15H2,1-3H3,(H,27,30). The van der Waals surface area contributed by atoms with Gasteiger partial charge < -0.3 is 19.9 Å². The number of rotatable bonds is 5. The molecule has 1 aliphatic rings. The number of amides is 1. The maximum absolute atomic E-state index is 13.0. The van der Waals surface area contributed by atoms with Crippen LogP contribution in [0.25, 0.3) is 11.1 Å². The topological polar surface area (TPSA) is 57.7 Å². The summed E-state index contributed by atoms with van der Waals surface area (Å²) in [7, 11) is 3.81. The van der Waals surface area contributed by atoms with Crippen LogP contribution in [0.15, 0.2) is 60.9 Å². The van der Waals surface area contributed by atoms with Gasteiger partial charge in [-0.1, -0.05) is 12.1 Å². The molecule has 1 aliphatic heterocycles. The second-order valence-electron chi connectivity index (χ2n) is 7.90. The number of benzene rings is 2. The zero-order chi connectivity index (χ0) is 21.8. The summed E-state index contributed by atoms with van der Waals surface area (Å²) >= 11 is 0. The van der Waals surface area contributed by atoms with Crippen molar-refractivity contribution in [3.63, 3.8) is 0 Å². The quantitative estimate of drug-likeness (QED) is 0.680. The molecule has 160 valence electrons. The van der Waals surface area contributed by atoms with Crippen LogP contribution in [0, 0.1) is 6.92 Å². The van der Waals surface area contributed by atoms with Gasteiger partial charge in [0, 0.05) is 49.8 Å². The van der Waals surface area contributed by atoms with E-state index >= 15 is 0 Å². The first-order valence-corrected chi connectivity index (χ1v) is 10.5. The minimum Gasteiger partial charge on any atom is -0.495 e. The maximum atomic E-state index is 13.0. The van der Waals surface area contributed by atoms with Crippen molar-refractivity contribution < 1.29 is 9.53 Å². The van der Waals surface area contributed by atoms with Gasteiger partial charge in [0.05, 0.1) is 12.8 Å². The van der Waals surface area contributed by atoms with Gasteiger partial charge in [0.2, 0.25) is 0 Å². The molecule has 1 saturated heterocycles. The molecule has 0 spiro atoms. The van der Waals surface area contributed by atoms with Crippen LogP contribution in [0.2, 0.25) is 0 Å². The number of aromatic nitrogens is 1. The van der Waals surface area contributed by atoms with E-state index in [9.17, 15) is 4.79 Å². The molecule has 1 amide bonds. The Morgan fingerprint density at radius 2 is 1.71 bits per heavy atom. The first kappa shape index (κ1) is 20.9. The first-order valence-electron chi connectivity index (χ1n) is 10.5. The lowest BCUT2D eigenvalue weighted by Crippen LogP contribution is -2.44. The van der Waals surface area contributed by atoms with E-state index in [4.69, 9.17) is 4.74 Å². The van der Waals surface area contributed by atoms with Crippen LogP contribution in [-0.2, 0) is 0 Å². The van der Waals surface area contributed by atoms with Crippen LogP contribution in [0.4, 0.5) is 11.4 Å². The Morgan fingerprint density at radius 1 is 0.968 bits per heavy atom. The van der Waals surface area contributed by atoms with Crippen molar-refractivity contribution in [2.75, 3.05) is 50.6 Å². The van der Waals surface area contributed by atoms with E-state index in [1.54, 1.807) is 19.5 Å². The Kier molecular flexibility index (Phi) is 6.18. The molecule has 6 heteroatoms. The molecular weight excluding hydrogens is 388 g/mol. The predicted molar refractivity (Wildman–Crippen MR) is 125 cm³/mol. The number of methoxy groups -OCH3 is 1. The van der Waals surface area contributed by atoms with Gasteiger partial charge in [-0.05, 0) is 67.1 Å². The molecule has 1 aromatic heterocycles. The SMILES string of the molecule is COc1ccc(NC(=O)c2ccc(-c3ccncc3)cc2C)cc1N1CCN(C)CC1. The number of nitrogens with one attached hydrogen (secondary N) is 1. The van der Waals surface area contributed by atoms with Crippen LogP contribution in [0.5, 0.6) is 5.75 Å². The Hall–Kier alpha value is -3.38. The van der Waals surface area contributed by atoms with Crippen LogP contribution in [0.3, 0.4) is 0 Å². The number of likely N-dealkylation sites (N-methyl/N-ethyl adjacent to an activating group) is 1. The number of aryl methyl sites for hydroxylation is 1. The number of carbonyl (C=O) groups is 1. The van der Waals surface area contributed by atoms with Gasteiger partial charge in [0.25, 0.3) is 5.91 Å². The largest absolute Gasteiger partial charge is 0.495 e. The smallest absolute Gasteiger partial charge is 0.255 e. The lowest BCUT2D eigenvalue weighted by Gasteiger charge is -2.35. The Labute approximate surface area is 183 Å². The van der Waals surface area contributed by atoms with Gasteiger partial charge in [-0.2, -0.15) is 0 Å². The second-order valence-corrected chi connectivity index (χ2v) is 7.90. The molecule has 0 bridgehead atoms. The molecule has 6 nitrogen and oxygen atoms in total. The summed E-state index contributed by atoms with van der Waals surface area (Å²) in [5.41, 5.74) is 5.51. The van der Waals surface area contributed by atoms with Gasteiger partial charge in [0.1, 0.15) is 5.75 Å². The van der Waals surface area contributed by atoms with Crippen LogP contribution >= 0.6 is 0 Å². The molecule has 2 aromatic carbocycles. The molecular formula is C25H28N4O2. The number of nitrogens with zero attached hydrogens (tertiary/aromatic N) is 3. The fourth-order valence-electron chi connectivity index (χ4n) is 3.90. The third kappa shape index (κ3) is 4.70. The molecule has 0 unspecified atom stereocenters. The fraction of sp³-hybridized carbons (Fsp3) is 0.280. The van der Waals surface area contributed by atoms with Gasteiger partial charge in [0.15, 0.2) is 0 Å². The number of pyridine rings is 1. The normalized spacial score (nSPS) is 14.4. The van der Waals surface area contributed by atoms with Crippen molar-refractivity contribution in [1.82, 2.24) is 9.88 Å². The molecule has 1 N–H and O–H groups in total. The summed E-state index contributed by atoms with van der Waals surface area (Å²) in [6.45, 7) is 5.83. The molecule has 3 aromatic rings. The maximum Gasteiger partial charge on any atom is 0.255 e. The van der Waals surface area contributed by atoms with Crippen LogP contribution < -0.4 is 15.0 Å². The Morgan fingerprint density at radius 3 is 2.39 bits per heavy atom. The van der Waals surface area contributed by atoms with Crippen molar-refractivity contribution in [2.45, 2.75) is 6.92 Å². The van der Waals surface area contributed by atoms with Crippen molar-refractivity contribution in [3.05, 3.63) is 72.1 Å². The van der Waals surface area contributed by atoms with Gasteiger partial charge in [-0.3, -0.25) is 9.78 Å². The lowest BCUT2D eigenvalue weighted by atomic mass is 10.00. The predicted octanol–water partition coefficient (Wildman–Crippen LogP) is 4.07. The number of hydrogen-bond acceptors (Lipinski definition) is 5. The van der Waals surface area contributed by atoms with Crippen molar-refractivity contribution >= 4 is 17.3 Å². The van der Waals surface area contributed by atoms with E-state index in [0.717, 1.165) is 60.0 Å². The highest BCUT2D eigenvalue weighted by molar-refractivity contribution is 6.05. The summed E-state index contributed by atoms with van der Waals surface area (Å²) in [6, 6.07) is 15.6. The van der Waals surface area contributed by atoms with Crippen LogP contribution in [-0.4, -0.2) is 56.1 Å². The minimum atomic E-state index is -0.117. The zero-order valence-corrected chi connectivity index (χ0v) is 18.3. The average molecular weight is 417 g/mol. The number of carbonyl (C=O) groups excluding carboxylic acids is 1. The highest BCUT2D eigenvalue weighted by atomic mass is 16.5. The molecule has 0 radical (unpaired) electrons. The zero-order valence-electron chi connectivity index (χ0n) is 18.3. The number of ether oxygens (including phenoxy) is 1. The van der Waals surface area contributed by atoms with Gasteiger partial charge in [-0.25, -0.2) is 0 Å². The highest BCUT2D eigenvalue weighted by Gasteiger charge is 2.19. The molecule has 0 saturated carbocycles. The summed E-state index contributed by atoms with van der Waals surface area (Å²) in [5.74, 6) is 0.703. The molecule has 0 atom stereocenters. The molecule has 0 aliphatic carbocycles. The lowest BCUT2D eigenvalue weighted by molar-refractivity contribution is 0.102. The second kappa shape index (κ2) is 9.18. The average Bonchev–Trinajstić information content (AvgIpc) is 2.80. The van der Waals surface area contributed by atoms with Crippen molar-refractivity contribution in [1.29, 1.82) is 0 Å². The van der Waals surface area contributed by atoms with Gasteiger partial charge in [-0.15, -0.1) is 0 Å². The molecule has 2 heterocycles. The van der Waals surface area contributed by atoms with E-state index in [1.165, 1.54) is 0 Å². The molecule has 31 heavy (non-hydrogen) atoms. The van der Waals surface area contributed by atoms with E-state index in [0.29, 0.717) is 5.56 Å². The van der Waals surface area contributed by atoms with Crippen LogP contribution in [0.1, 0.15) is 15.9 Å². The Bertz CT molecular complexity index is 1060. The Balaban J connectivity index is 1.54. The summed E-state index contributed by atoms with van der Waals surface area (Å²) in [4.78, 5) is 21.7. The third-order valence-corrected chi connectivity index (χ3v) is 5.77. The van der Waals surface area contributed by atoms with Crippen molar-refractivity contribution in [3.8, 4) is 16.9 Å². The number of hydrogen-bond donors (Lipinski definition) is 1. The summed E-state index contributed by atoms with van der Waals surface area (Å²) < 4.78 is 5.57. The third-order valence-electron chi connectivity index (χ3n) is 5.77. The van der Waals surface area contributed by atoms with E-state index in [-0.39, 0.29) is 5.91 Å². The summed E-state index contributed by atoms with van der Waals surface area (Å²) in [6.07, 6.45) is 3.54. The fourth-order valence-corrected chi connectivity index (χ4v) is 3.90. The number of piperazine rings is 1. The molecule has 4 rings (SSSR count). The highest BCUT2D eigenvalue weighted by Crippen LogP contribution is 2.32. The van der Waals surface area contributed by atoms with Gasteiger partial charge >= 0.3 is 0 Å². The molecule has 1 fully saturated rings. The number of anilines is 2. The first-order chi connectivity index (χ1) is 15.0. The minimum absolute atomic E-state index is 0.117. The van der Waals surface area contributed by atoms with E-state index < -0.39 is 0 Å².